The van der Waals surface area contributed by atoms with Crippen molar-refractivity contribution in [3.05, 3.63) is 65.0 Å². The molecule has 0 unspecified atom stereocenters. The van der Waals surface area contributed by atoms with Crippen LogP contribution in [0.15, 0.2) is 39.3 Å². The molecule has 0 aliphatic heterocycles. The summed E-state index contributed by atoms with van der Waals surface area (Å²) in [5, 5.41) is 14.9. The maximum Gasteiger partial charge on any atom is 0.270 e. The summed E-state index contributed by atoms with van der Waals surface area (Å²) in [5.74, 6) is 0. The van der Waals surface area contributed by atoms with Gasteiger partial charge >= 0.3 is 0 Å². The molecule has 0 amide bonds. The van der Waals surface area contributed by atoms with Gasteiger partial charge in [-0.15, -0.1) is 0 Å². The average Bonchev–Trinajstić information content (AvgIpc) is 2.36. The molecule has 8 heteroatoms. The minimum absolute atomic E-state index is 0.0224. The molecule has 0 aliphatic rings. The van der Waals surface area contributed by atoms with Gasteiger partial charge in [0.25, 0.3) is 5.69 Å². The van der Waals surface area contributed by atoms with Crippen molar-refractivity contribution in [2.45, 2.75) is 6.54 Å². The quantitative estimate of drug-likeness (QED) is 0.452. The first-order chi connectivity index (χ1) is 9.86. The zero-order valence-corrected chi connectivity index (χ0v) is 15.1. The first-order valence-corrected chi connectivity index (χ1v) is 8.03. The van der Waals surface area contributed by atoms with Crippen LogP contribution in [0.5, 0.6) is 0 Å². The van der Waals surface area contributed by atoms with Crippen molar-refractivity contribution in [2.24, 2.45) is 0 Å². The average molecular weight is 455 g/mol. The van der Waals surface area contributed by atoms with E-state index in [1.807, 2.05) is 0 Å². The van der Waals surface area contributed by atoms with Crippen molar-refractivity contribution < 1.29 is 4.92 Å². The Labute approximate surface area is 147 Å². The summed E-state index contributed by atoms with van der Waals surface area (Å²) >= 11 is 18.8. The number of nitrogens with zero attached hydrogens (tertiary/aromatic N) is 1. The van der Waals surface area contributed by atoms with Crippen LogP contribution in [-0.2, 0) is 6.54 Å². The van der Waals surface area contributed by atoms with Crippen LogP contribution in [-0.4, -0.2) is 4.92 Å². The number of nitrogens with one attached hydrogen (secondary N) is 1. The molecule has 0 aromatic heterocycles. The topological polar surface area (TPSA) is 55.2 Å². The number of rotatable bonds is 4. The molecular formula is C13H8Br2Cl2N2O2. The fourth-order valence-corrected chi connectivity index (χ4v) is 3.61. The minimum Gasteiger partial charge on any atom is -0.379 e. The molecule has 4 nitrogen and oxygen atoms in total. The normalized spacial score (nSPS) is 10.5. The van der Waals surface area contributed by atoms with Gasteiger partial charge < -0.3 is 5.32 Å². The number of nitro benzene ring substituents is 1. The smallest absolute Gasteiger partial charge is 0.270 e. The monoisotopic (exact) mass is 452 g/mol. The van der Waals surface area contributed by atoms with Crippen molar-refractivity contribution in [1.29, 1.82) is 0 Å². The molecule has 2 aromatic carbocycles. The predicted octanol–water partition coefficient (Wildman–Crippen LogP) is 6.04. The standard InChI is InChI=1S/C13H8Br2Cl2N2O2/c14-8-1-7(2-10(3-8)19(20)21)6-18-13-11(16)4-9(15)5-12(13)17/h1-5,18H,6H2. The van der Waals surface area contributed by atoms with E-state index in [0.717, 1.165) is 10.0 Å². The Morgan fingerprint density at radius 3 is 2.19 bits per heavy atom. The van der Waals surface area contributed by atoms with Gasteiger partial charge in [-0.1, -0.05) is 55.1 Å². The van der Waals surface area contributed by atoms with Crippen LogP contribution in [0.25, 0.3) is 0 Å². The molecule has 0 radical (unpaired) electrons. The summed E-state index contributed by atoms with van der Waals surface area (Å²) in [4.78, 5) is 10.4. The molecule has 0 bridgehead atoms. The zero-order chi connectivity index (χ0) is 15.6. The zero-order valence-electron chi connectivity index (χ0n) is 10.4. The van der Waals surface area contributed by atoms with E-state index in [4.69, 9.17) is 23.2 Å². The van der Waals surface area contributed by atoms with E-state index < -0.39 is 4.92 Å². The van der Waals surface area contributed by atoms with Crippen molar-refractivity contribution in [1.82, 2.24) is 0 Å². The van der Waals surface area contributed by atoms with Crippen LogP contribution in [0.1, 0.15) is 5.56 Å². The maximum absolute atomic E-state index is 10.8. The van der Waals surface area contributed by atoms with Crippen LogP contribution in [0.3, 0.4) is 0 Å². The molecule has 0 saturated heterocycles. The lowest BCUT2D eigenvalue weighted by molar-refractivity contribution is -0.385. The second-order valence-electron chi connectivity index (χ2n) is 4.17. The number of hydrogen-bond donors (Lipinski definition) is 1. The van der Waals surface area contributed by atoms with E-state index >= 15 is 0 Å². The SMILES string of the molecule is O=[N+]([O-])c1cc(Br)cc(CNc2c(Cl)cc(Br)cc2Cl)c1. The third-order valence-electron chi connectivity index (χ3n) is 2.63. The molecule has 2 aromatic rings. The largest absolute Gasteiger partial charge is 0.379 e. The van der Waals surface area contributed by atoms with Gasteiger partial charge in [-0.2, -0.15) is 0 Å². The Bertz CT molecular complexity index is 688. The van der Waals surface area contributed by atoms with Crippen molar-refractivity contribution in [3.8, 4) is 0 Å². The van der Waals surface area contributed by atoms with Gasteiger partial charge in [-0.25, -0.2) is 0 Å². The second-order valence-corrected chi connectivity index (χ2v) is 6.82. The molecule has 110 valence electrons. The highest BCUT2D eigenvalue weighted by molar-refractivity contribution is 9.10. The molecule has 0 aliphatic carbocycles. The van der Waals surface area contributed by atoms with Crippen molar-refractivity contribution >= 4 is 66.4 Å². The summed E-state index contributed by atoms with van der Waals surface area (Å²) in [6.07, 6.45) is 0. The molecular weight excluding hydrogens is 447 g/mol. The van der Waals surface area contributed by atoms with E-state index in [-0.39, 0.29) is 5.69 Å². The summed E-state index contributed by atoms with van der Waals surface area (Å²) < 4.78 is 1.42. The highest BCUT2D eigenvalue weighted by Gasteiger charge is 2.11. The van der Waals surface area contributed by atoms with Gasteiger partial charge in [0.2, 0.25) is 0 Å². The molecule has 2 rings (SSSR count). The lowest BCUT2D eigenvalue weighted by Gasteiger charge is -2.11. The Hall–Kier alpha value is -0.820. The van der Waals surface area contributed by atoms with Gasteiger partial charge in [0.05, 0.1) is 20.7 Å². The highest BCUT2D eigenvalue weighted by atomic mass is 79.9. The third-order valence-corrected chi connectivity index (χ3v) is 4.14. The van der Waals surface area contributed by atoms with Crippen LogP contribution in [0.2, 0.25) is 10.0 Å². The number of nitro groups is 1. The van der Waals surface area contributed by atoms with E-state index in [1.165, 1.54) is 12.1 Å². The first-order valence-electron chi connectivity index (χ1n) is 5.69. The molecule has 0 heterocycles. The second kappa shape index (κ2) is 6.96. The Balaban J connectivity index is 2.23. The first kappa shape index (κ1) is 16.5. The molecule has 21 heavy (non-hydrogen) atoms. The van der Waals surface area contributed by atoms with Crippen LogP contribution < -0.4 is 5.32 Å². The molecule has 0 fully saturated rings. The Morgan fingerprint density at radius 2 is 1.62 bits per heavy atom. The number of halogens is 4. The summed E-state index contributed by atoms with van der Waals surface area (Å²) in [5.41, 5.74) is 1.35. The van der Waals surface area contributed by atoms with Crippen molar-refractivity contribution in [3.63, 3.8) is 0 Å². The van der Waals surface area contributed by atoms with E-state index in [1.54, 1.807) is 18.2 Å². The lowest BCUT2D eigenvalue weighted by atomic mass is 10.2. The van der Waals surface area contributed by atoms with Crippen LogP contribution in [0, 0.1) is 10.1 Å². The maximum atomic E-state index is 10.8. The lowest BCUT2D eigenvalue weighted by Crippen LogP contribution is -2.02. The fourth-order valence-electron chi connectivity index (χ4n) is 1.74. The van der Waals surface area contributed by atoms with Gasteiger partial charge in [0.1, 0.15) is 0 Å². The van der Waals surface area contributed by atoms with E-state index in [2.05, 4.69) is 37.2 Å². The molecule has 0 saturated carbocycles. The van der Waals surface area contributed by atoms with Gasteiger partial charge in [-0.05, 0) is 23.8 Å². The summed E-state index contributed by atoms with van der Waals surface area (Å²) in [6.45, 7) is 0.362. The third kappa shape index (κ3) is 4.32. The predicted molar refractivity (Wildman–Crippen MR) is 92.3 cm³/mol. The van der Waals surface area contributed by atoms with Crippen molar-refractivity contribution in [2.75, 3.05) is 5.32 Å². The van der Waals surface area contributed by atoms with Gasteiger partial charge in [0, 0.05) is 27.6 Å². The Morgan fingerprint density at radius 1 is 1.05 bits per heavy atom. The van der Waals surface area contributed by atoms with E-state index in [0.29, 0.717) is 26.8 Å². The number of non-ortho nitro benzene ring substituents is 1. The van der Waals surface area contributed by atoms with Crippen LogP contribution >= 0.6 is 55.1 Å². The van der Waals surface area contributed by atoms with Gasteiger partial charge in [-0.3, -0.25) is 10.1 Å². The van der Waals surface area contributed by atoms with Crippen LogP contribution in [0.4, 0.5) is 11.4 Å². The summed E-state index contributed by atoms with van der Waals surface area (Å²) in [7, 11) is 0. The summed E-state index contributed by atoms with van der Waals surface area (Å²) in [6, 6.07) is 8.18. The van der Waals surface area contributed by atoms with Gasteiger partial charge in [0.15, 0.2) is 0 Å². The fraction of sp³-hybridized carbons (Fsp3) is 0.0769. The Kier molecular flexibility index (Phi) is 5.48. The molecule has 0 spiro atoms. The van der Waals surface area contributed by atoms with E-state index in [9.17, 15) is 10.1 Å². The number of anilines is 1. The minimum atomic E-state index is -0.437. The molecule has 0 atom stereocenters. The number of benzene rings is 2. The molecule has 1 N–H and O–H groups in total. The highest BCUT2D eigenvalue weighted by Crippen LogP contribution is 2.34. The number of hydrogen-bond acceptors (Lipinski definition) is 3.